The fourth-order valence-electron chi connectivity index (χ4n) is 2.98. The summed E-state index contributed by atoms with van der Waals surface area (Å²) in [6.45, 7) is 6.39. The Morgan fingerprint density at radius 1 is 1.33 bits per heavy atom. The number of piperidine rings is 1. The van der Waals surface area contributed by atoms with Crippen molar-refractivity contribution in [2.45, 2.75) is 32.7 Å². The SMILES string of the molecule is CNCC1CCN(C(=O)C(NC(=O)c2ccco2)C(C)C)CC1.Cl. The molecule has 0 bridgehead atoms. The van der Waals surface area contributed by atoms with Crippen LogP contribution in [0.2, 0.25) is 0 Å². The third-order valence-electron chi connectivity index (χ3n) is 4.38. The standard InChI is InChI=1S/C17H27N3O3.ClH/c1-12(2)15(19-16(21)14-5-4-10-23-14)17(22)20-8-6-13(7-9-20)11-18-3;/h4-5,10,12-13,15,18H,6-9,11H2,1-3H3,(H,19,21);1H. The third kappa shape index (κ3) is 5.24. The van der Waals surface area contributed by atoms with E-state index in [-0.39, 0.29) is 35.9 Å². The molecule has 1 aliphatic rings. The minimum atomic E-state index is -0.520. The van der Waals surface area contributed by atoms with Gasteiger partial charge in [0.05, 0.1) is 6.26 Å². The molecule has 2 N–H and O–H groups in total. The number of nitrogens with zero attached hydrogens (tertiary/aromatic N) is 1. The van der Waals surface area contributed by atoms with Gasteiger partial charge in [-0.15, -0.1) is 12.4 Å². The van der Waals surface area contributed by atoms with Gasteiger partial charge in [-0.05, 0) is 50.4 Å². The van der Waals surface area contributed by atoms with Crippen molar-refractivity contribution in [3.05, 3.63) is 24.2 Å². The van der Waals surface area contributed by atoms with Gasteiger partial charge in [-0.3, -0.25) is 9.59 Å². The number of amides is 2. The van der Waals surface area contributed by atoms with Gasteiger partial charge in [0.1, 0.15) is 6.04 Å². The zero-order valence-electron chi connectivity index (χ0n) is 14.6. The van der Waals surface area contributed by atoms with E-state index in [0.29, 0.717) is 5.92 Å². The zero-order valence-corrected chi connectivity index (χ0v) is 15.4. The van der Waals surface area contributed by atoms with Crippen molar-refractivity contribution in [2.24, 2.45) is 11.8 Å². The van der Waals surface area contributed by atoms with Gasteiger partial charge in [-0.25, -0.2) is 0 Å². The van der Waals surface area contributed by atoms with Crippen molar-refractivity contribution >= 4 is 24.2 Å². The summed E-state index contributed by atoms with van der Waals surface area (Å²) in [5.74, 6) is 0.543. The Hall–Kier alpha value is -1.53. The Balaban J connectivity index is 0.00000288. The number of carbonyl (C=O) groups is 2. The van der Waals surface area contributed by atoms with Crippen LogP contribution in [0, 0.1) is 11.8 Å². The van der Waals surface area contributed by atoms with E-state index in [4.69, 9.17) is 4.42 Å². The van der Waals surface area contributed by atoms with Crippen LogP contribution in [-0.4, -0.2) is 49.4 Å². The normalized spacial score (nSPS) is 16.6. The summed E-state index contributed by atoms with van der Waals surface area (Å²) >= 11 is 0. The molecule has 1 aliphatic heterocycles. The maximum atomic E-state index is 12.8. The summed E-state index contributed by atoms with van der Waals surface area (Å²) in [7, 11) is 1.95. The molecule has 2 amide bonds. The van der Waals surface area contributed by atoms with Crippen LogP contribution in [0.4, 0.5) is 0 Å². The maximum Gasteiger partial charge on any atom is 0.287 e. The lowest BCUT2D eigenvalue weighted by molar-refractivity contribution is -0.135. The minimum absolute atomic E-state index is 0. The summed E-state index contributed by atoms with van der Waals surface area (Å²) in [6.07, 6.45) is 3.46. The van der Waals surface area contributed by atoms with E-state index in [1.165, 1.54) is 6.26 Å². The predicted molar refractivity (Wildman–Crippen MR) is 95.3 cm³/mol. The van der Waals surface area contributed by atoms with Crippen molar-refractivity contribution in [3.8, 4) is 0 Å². The minimum Gasteiger partial charge on any atom is -0.459 e. The fourth-order valence-corrected chi connectivity index (χ4v) is 2.98. The number of hydrogen-bond donors (Lipinski definition) is 2. The Kier molecular flexibility index (Phi) is 8.28. The molecule has 0 radical (unpaired) electrons. The van der Waals surface area contributed by atoms with Gasteiger partial charge in [0.25, 0.3) is 5.91 Å². The lowest BCUT2D eigenvalue weighted by Gasteiger charge is -2.35. The Morgan fingerprint density at radius 3 is 2.50 bits per heavy atom. The molecule has 24 heavy (non-hydrogen) atoms. The summed E-state index contributed by atoms with van der Waals surface area (Å²) in [5, 5.41) is 6.01. The van der Waals surface area contributed by atoms with Crippen molar-refractivity contribution in [3.63, 3.8) is 0 Å². The van der Waals surface area contributed by atoms with Crippen LogP contribution in [0.15, 0.2) is 22.8 Å². The second-order valence-electron chi connectivity index (χ2n) is 6.50. The summed E-state index contributed by atoms with van der Waals surface area (Å²) in [6, 6.07) is 2.74. The Bertz CT molecular complexity index is 511. The first-order valence-electron chi connectivity index (χ1n) is 8.30. The molecule has 1 aromatic rings. The van der Waals surface area contributed by atoms with Crippen molar-refractivity contribution in [1.82, 2.24) is 15.5 Å². The molecule has 136 valence electrons. The van der Waals surface area contributed by atoms with E-state index < -0.39 is 6.04 Å². The van der Waals surface area contributed by atoms with Gasteiger partial charge in [-0.1, -0.05) is 13.8 Å². The predicted octanol–water partition coefficient (Wildman–Crippen LogP) is 1.91. The highest BCUT2D eigenvalue weighted by Gasteiger charge is 2.31. The third-order valence-corrected chi connectivity index (χ3v) is 4.38. The Labute approximate surface area is 149 Å². The first kappa shape index (κ1) is 20.5. The van der Waals surface area contributed by atoms with Gasteiger partial charge >= 0.3 is 0 Å². The molecule has 1 atom stereocenters. The average Bonchev–Trinajstić information content (AvgIpc) is 3.07. The highest BCUT2D eigenvalue weighted by molar-refractivity contribution is 5.95. The van der Waals surface area contributed by atoms with E-state index in [9.17, 15) is 9.59 Å². The molecule has 0 aliphatic carbocycles. The van der Waals surface area contributed by atoms with Gasteiger partial charge in [0.2, 0.25) is 5.91 Å². The van der Waals surface area contributed by atoms with Crippen molar-refractivity contribution in [1.29, 1.82) is 0 Å². The van der Waals surface area contributed by atoms with Crippen LogP contribution in [0.5, 0.6) is 0 Å². The van der Waals surface area contributed by atoms with Crippen molar-refractivity contribution in [2.75, 3.05) is 26.7 Å². The second kappa shape index (κ2) is 9.69. The lowest BCUT2D eigenvalue weighted by Crippen LogP contribution is -2.53. The zero-order chi connectivity index (χ0) is 16.8. The molecule has 0 aromatic carbocycles. The average molecular weight is 358 g/mol. The lowest BCUT2D eigenvalue weighted by atomic mass is 9.95. The number of rotatable bonds is 6. The number of hydrogen-bond acceptors (Lipinski definition) is 4. The molecule has 7 heteroatoms. The smallest absolute Gasteiger partial charge is 0.287 e. The summed E-state index contributed by atoms with van der Waals surface area (Å²) in [4.78, 5) is 26.8. The molecule has 6 nitrogen and oxygen atoms in total. The molecule has 2 heterocycles. The molecule has 1 fully saturated rings. The van der Waals surface area contributed by atoms with Gasteiger partial charge in [0, 0.05) is 13.1 Å². The van der Waals surface area contributed by atoms with Crippen molar-refractivity contribution < 1.29 is 14.0 Å². The highest BCUT2D eigenvalue weighted by atomic mass is 35.5. The monoisotopic (exact) mass is 357 g/mol. The number of furan rings is 1. The van der Waals surface area contributed by atoms with E-state index in [1.807, 2.05) is 25.8 Å². The number of carbonyl (C=O) groups excluding carboxylic acids is 2. The first-order valence-corrected chi connectivity index (χ1v) is 8.30. The highest BCUT2D eigenvalue weighted by Crippen LogP contribution is 2.18. The van der Waals surface area contributed by atoms with Crippen LogP contribution < -0.4 is 10.6 Å². The van der Waals surface area contributed by atoms with Gasteiger partial charge < -0.3 is 20.0 Å². The first-order chi connectivity index (χ1) is 11.0. The fraction of sp³-hybridized carbons (Fsp3) is 0.647. The molecule has 1 saturated heterocycles. The van der Waals surface area contributed by atoms with Gasteiger partial charge in [0.15, 0.2) is 5.76 Å². The van der Waals surface area contributed by atoms with E-state index in [0.717, 1.165) is 32.5 Å². The maximum absolute atomic E-state index is 12.8. The molecule has 0 spiro atoms. The molecule has 0 saturated carbocycles. The second-order valence-corrected chi connectivity index (χ2v) is 6.50. The quantitative estimate of drug-likeness (QED) is 0.815. The van der Waals surface area contributed by atoms with Gasteiger partial charge in [-0.2, -0.15) is 0 Å². The number of halogens is 1. The Morgan fingerprint density at radius 2 is 2.00 bits per heavy atom. The van der Waals surface area contributed by atoms with Crippen LogP contribution in [0.1, 0.15) is 37.2 Å². The van der Waals surface area contributed by atoms with Crippen LogP contribution in [0.3, 0.4) is 0 Å². The van der Waals surface area contributed by atoms with E-state index in [1.54, 1.807) is 12.1 Å². The largest absolute Gasteiger partial charge is 0.459 e. The molecular weight excluding hydrogens is 330 g/mol. The molecule has 1 aromatic heterocycles. The van der Waals surface area contributed by atoms with Crippen LogP contribution in [0.25, 0.3) is 0 Å². The van der Waals surface area contributed by atoms with E-state index in [2.05, 4.69) is 10.6 Å². The summed E-state index contributed by atoms with van der Waals surface area (Å²) < 4.78 is 5.10. The number of nitrogens with one attached hydrogen (secondary N) is 2. The van der Waals surface area contributed by atoms with E-state index >= 15 is 0 Å². The van der Waals surface area contributed by atoms with Crippen LogP contribution >= 0.6 is 12.4 Å². The summed E-state index contributed by atoms with van der Waals surface area (Å²) in [5.41, 5.74) is 0. The molecule has 1 unspecified atom stereocenters. The number of likely N-dealkylation sites (tertiary alicyclic amines) is 1. The van der Waals surface area contributed by atoms with Crippen LogP contribution in [-0.2, 0) is 4.79 Å². The topological polar surface area (TPSA) is 74.6 Å². The molecule has 2 rings (SSSR count). The molecular formula is C17H28ClN3O3.